The summed E-state index contributed by atoms with van der Waals surface area (Å²) < 4.78 is 2.19. The fraction of sp³-hybridized carbons (Fsp3) is 0.176. The average Bonchev–Trinajstić information content (AvgIpc) is 3.17. The van der Waals surface area contributed by atoms with Crippen molar-refractivity contribution in [2.24, 2.45) is 0 Å². The molecule has 1 spiro atoms. The Bertz CT molecular complexity index is 934. The fourth-order valence-corrected chi connectivity index (χ4v) is 3.58. The second kappa shape index (κ2) is 5.38. The Morgan fingerprint density at radius 1 is 1.08 bits per heavy atom. The van der Waals surface area contributed by atoms with Crippen LogP contribution in [-0.4, -0.2) is 33.1 Å². The van der Waals surface area contributed by atoms with Crippen LogP contribution in [0.4, 0.5) is 0 Å². The second-order valence-corrected chi connectivity index (χ2v) is 6.92. The van der Waals surface area contributed by atoms with Crippen molar-refractivity contribution in [3.8, 4) is 0 Å². The maximum absolute atomic E-state index is 13.1. The summed E-state index contributed by atoms with van der Waals surface area (Å²) >= 11 is 3.33. The van der Waals surface area contributed by atoms with Crippen molar-refractivity contribution in [2.45, 2.75) is 18.5 Å². The molecule has 2 aromatic rings. The summed E-state index contributed by atoms with van der Waals surface area (Å²) in [5.41, 5.74) is -0.773. The molecule has 25 heavy (non-hydrogen) atoms. The van der Waals surface area contributed by atoms with Crippen LogP contribution in [-0.2, 0) is 26.5 Å². The number of benzene rings is 1. The predicted octanol–water partition coefficient (Wildman–Crippen LogP) is 1.18. The van der Waals surface area contributed by atoms with E-state index < -0.39 is 29.2 Å². The van der Waals surface area contributed by atoms with Crippen LogP contribution < -0.4 is 5.32 Å². The highest BCUT2D eigenvalue weighted by molar-refractivity contribution is 9.10. The Morgan fingerprint density at radius 3 is 2.44 bits per heavy atom. The van der Waals surface area contributed by atoms with Gasteiger partial charge >= 0.3 is 0 Å². The molecule has 1 fully saturated rings. The minimum Gasteiger partial charge on any atom is -0.320 e. The zero-order chi connectivity index (χ0) is 17.8. The molecule has 0 saturated carbocycles. The topological polar surface area (TPSA) is 88.5 Å². The van der Waals surface area contributed by atoms with Crippen molar-refractivity contribution in [1.82, 2.24) is 14.8 Å². The monoisotopic (exact) mass is 401 g/mol. The summed E-state index contributed by atoms with van der Waals surface area (Å²) in [4.78, 5) is 51.1. The van der Waals surface area contributed by atoms with Crippen molar-refractivity contribution in [1.29, 1.82) is 0 Å². The maximum Gasteiger partial charge on any atom is 0.277 e. The Kier molecular flexibility index (Phi) is 3.40. The van der Waals surface area contributed by atoms with E-state index in [2.05, 4.69) is 21.2 Å². The van der Waals surface area contributed by atoms with Crippen LogP contribution in [0, 0.1) is 0 Å². The normalized spacial score (nSPS) is 22.5. The number of hydrogen-bond donors (Lipinski definition) is 1. The minimum atomic E-state index is -1.72. The highest BCUT2D eigenvalue weighted by Gasteiger charge is 2.60. The number of hydrogen-bond acceptors (Lipinski definition) is 4. The van der Waals surface area contributed by atoms with Gasteiger partial charge in [0.2, 0.25) is 11.4 Å². The second-order valence-electron chi connectivity index (χ2n) is 6.00. The van der Waals surface area contributed by atoms with Crippen LogP contribution in [0.5, 0.6) is 0 Å². The molecule has 8 heteroatoms. The summed E-state index contributed by atoms with van der Waals surface area (Å²) in [6.45, 7) is 0.0271. The van der Waals surface area contributed by atoms with Crippen LogP contribution in [0.15, 0.2) is 47.1 Å². The standard InChI is InChI=1S/C17H12BrN3O4/c18-11-5-3-10(4-6-11)9-20-14(23)12-2-1-7-21(12)17(16(20)25)8-13(22)19-15(17)24/h1-7H,8-9H2,(H,19,22,24). The molecule has 2 aliphatic rings. The fourth-order valence-electron chi connectivity index (χ4n) is 3.32. The van der Waals surface area contributed by atoms with E-state index in [4.69, 9.17) is 0 Å². The highest BCUT2D eigenvalue weighted by Crippen LogP contribution is 2.36. The average molecular weight is 402 g/mol. The van der Waals surface area contributed by atoms with Crippen molar-refractivity contribution in [2.75, 3.05) is 0 Å². The predicted molar refractivity (Wildman–Crippen MR) is 89.2 cm³/mol. The summed E-state index contributed by atoms with van der Waals surface area (Å²) in [5, 5.41) is 2.18. The molecule has 2 aliphatic heterocycles. The zero-order valence-corrected chi connectivity index (χ0v) is 14.4. The molecule has 4 rings (SSSR count). The minimum absolute atomic E-state index is 0.0271. The molecule has 1 N–H and O–H groups in total. The largest absolute Gasteiger partial charge is 0.320 e. The lowest BCUT2D eigenvalue weighted by molar-refractivity contribution is -0.147. The number of nitrogens with zero attached hydrogens (tertiary/aromatic N) is 2. The van der Waals surface area contributed by atoms with Crippen LogP contribution in [0.25, 0.3) is 0 Å². The van der Waals surface area contributed by atoms with Gasteiger partial charge in [-0.3, -0.25) is 29.4 Å². The smallest absolute Gasteiger partial charge is 0.277 e. The molecule has 1 aromatic carbocycles. The van der Waals surface area contributed by atoms with Crippen molar-refractivity contribution >= 4 is 39.6 Å². The summed E-state index contributed by atoms with van der Waals surface area (Å²) in [7, 11) is 0. The van der Waals surface area contributed by atoms with Gasteiger partial charge in [-0.25, -0.2) is 0 Å². The van der Waals surface area contributed by atoms with E-state index in [1.54, 1.807) is 36.4 Å². The number of rotatable bonds is 2. The lowest BCUT2D eigenvalue weighted by Crippen LogP contribution is -2.60. The molecule has 7 nitrogen and oxygen atoms in total. The van der Waals surface area contributed by atoms with Gasteiger partial charge in [-0.1, -0.05) is 28.1 Å². The van der Waals surface area contributed by atoms with Gasteiger partial charge in [-0.15, -0.1) is 0 Å². The van der Waals surface area contributed by atoms with Crippen molar-refractivity contribution in [3.63, 3.8) is 0 Å². The maximum atomic E-state index is 13.1. The van der Waals surface area contributed by atoms with E-state index >= 15 is 0 Å². The Labute approximate surface area is 150 Å². The summed E-state index contributed by atoms with van der Waals surface area (Å²) in [6.07, 6.45) is 1.18. The molecular weight excluding hydrogens is 390 g/mol. The van der Waals surface area contributed by atoms with Gasteiger partial charge in [0.25, 0.3) is 17.7 Å². The van der Waals surface area contributed by atoms with E-state index in [1.807, 2.05) is 0 Å². The van der Waals surface area contributed by atoms with Crippen LogP contribution >= 0.6 is 15.9 Å². The number of aromatic nitrogens is 1. The van der Waals surface area contributed by atoms with Gasteiger partial charge < -0.3 is 4.57 Å². The number of carbonyl (C=O) groups excluding carboxylic acids is 4. The van der Waals surface area contributed by atoms with Crippen LogP contribution in [0.2, 0.25) is 0 Å². The van der Waals surface area contributed by atoms with Gasteiger partial charge in [-0.05, 0) is 29.8 Å². The Morgan fingerprint density at radius 2 is 1.80 bits per heavy atom. The molecular formula is C17H12BrN3O4. The van der Waals surface area contributed by atoms with Gasteiger partial charge in [0.1, 0.15) is 5.69 Å². The number of imide groups is 2. The molecule has 126 valence electrons. The van der Waals surface area contributed by atoms with Crippen molar-refractivity contribution in [3.05, 3.63) is 58.3 Å². The third-order valence-electron chi connectivity index (χ3n) is 4.52. The van der Waals surface area contributed by atoms with Crippen LogP contribution in [0.1, 0.15) is 22.5 Å². The Balaban J connectivity index is 1.81. The number of halogens is 1. The van der Waals surface area contributed by atoms with Gasteiger partial charge in [-0.2, -0.15) is 0 Å². The lowest BCUT2D eigenvalue weighted by atomic mass is 9.91. The van der Waals surface area contributed by atoms with E-state index in [1.165, 1.54) is 10.8 Å². The third kappa shape index (κ3) is 2.17. The number of fused-ring (bicyclic) bond motifs is 2. The van der Waals surface area contributed by atoms with E-state index in [9.17, 15) is 19.2 Å². The van der Waals surface area contributed by atoms with E-state index in [0.29, 0.717) is 0 Å². The van der Waals surface area contributed by atoms with Crippen molar-refractivity contribution < 1.29 is 19.2 Å². The molecule has 3 heterocycles. The molecule has 0 radical (unpaired) electrons. The van der Waals surface area contributed by atoms with E-state index in [0.717, 1.165) is 14.9 Å². The number of amides is 4. The SMILES string of the molecule is O=C1CC2(C(=O)N1)C(=O)N(Cc1ccc(Br)cc1)C(=O)c1cccn12. The summed E-state index contributed by atoms with van der Waals surface area (Å²) in [5.74, 6) is -2.41. The third-order valence-corrected chi connectivity index (χ3v) is 5.05. The first-order chi connectivity index (χ1) is 11.9. The molecule has 0 bridgehead atoms. The summed E-state index contributed by atoms with van der Waals surface area (Å²) in [6, 6.07) is 10.3. The molecule has 0 aliphatic carbocycles. The molecule has 1 saturated heterocycles. The zero-order valence-electron chi connectivity index (χ0n) is 12.9. The quantitative estimate of drug-likeness (QED) is 0.604. The first-order valence-corrected chi connectivity index (χ1v) is 8.35. The van der Waals surface area contributed by atoms with Gasteiger partial charge in [0, 0.05) is 10.7 Å². The highest BCUT2D eigenvalue weighted by atomic mass is 79.9. The first kappa shape index (κ1) is 15.8. The van der Waals surface area contributed by atoms with Gasteiger partial charge in [0.15, 0.2) is 0 Å². The lowest BCUT2D eigenvalue weighted by Gasteiger charge is -2.37. The molecule has 4 amide bonds. The van der Waals surface area contributed by atoms with Crippen LogP contribution in [0.3, 0.4) is 0 Å². The molecule has 1 atom stereocenters. The molecule has 1 unspecified atom stereocenters. The molecule has 1 aromatic heterocycles. The first-order valence-electron chi connectivity index (χ1n) is 7.56. The van der Waals surface area contributed by atoms with Gasteiger partial charge in [0.05, 0.1) is 13.0 Å². The van der Waals surface area contributed by atoms with E-state index in [-0.39, 0.29) is 18.7 Å². The Hall–Kier alpha value is -2.74. The number of nitrogens with one attached hydrogen (secondary N) is 1. The number of carbonyl (C=O) groups is 4.